The number of hydrogen-bond acceptors (Lipinski definition) is 7. The maximum absolute atomic E-state index is 5.97. The van der Waals surface area contributed by atoms with Crippen molar-refractivity contribution in [2.45, 2.75) is 19.6 Å². The lowest BCUT2D eigenvalue weighted by Gasteiger charge is -2.31. The van der Waals surface area contributed by atoms with Gasteiger partial charge in [-0.05, 0) is 30.7 Å². The molecule has 1 aliphatic rings. The fraction of sp³-hybridized carbons (Fsp3) is 0.167. The average molecular weight is 423 g/mol. The van der Waals surface area contributed by atoms with Crippen LogP contribution in [0.25, 0.3) is 17.4 Å². The summed E-state index contributed by atoms with van der Waals surface area (Å²) in [7, 11) is 0. The second-order valence-corrected chi connectivity index (χ2v) is 7.44. The van der Waals surface area contributed by atoms with Gasteiger partial charge in [-0.2, -0.15) is 0 Å². The van der Waals surface area contributed by atoms with Gasteiger partial charge in [0.1, 0.15) is 30.4 Å². The zero-order valence-electron chi connectivity index (χ0n) is 17.5. The van der Waals surface area contributed by atoms with Gasteiger partial charge in [-0.1, -0.05) is 30.2 Å². The van der Waals surface area contributed by atoms with Crippen molar-refractivity contribution in [2.24, 2.45) is 4.99 Å². The van der Waals surface area contributed by atoms with Crippen molar-refractivity contribution in [3.8, 4) is 18.1 Å². The standard InChI is InChI=1S/C24H21N7O/c1-3-11-32-20-10-5-4-9-19(20)31-12-17-16(2)7-6-8-18(17)29-21(31)13-30-15-28-22-23(25)26-14-27-24(22)30/h1,4-10,12,14-15,21H,11,13H2,2H3,(H2,25,26,27). The molecule has 4 aromatic rings. The first-order chi connectivity index (χ1) is 15.7. The normalized spacial score (nSPS) is 14.9. The quantitative estimate of drug-likeness (QED) is 0.491. The van der Waals surface area contributed by atoms with Gasteiger partial charge in [0.05, 0.1) is 23.9 Å². The van der Waals surface area contributed by atoms with Gasteiger partial charge in [0.15, 0.2) is 11.5 Å². The van der Waals surface area contributed by atoms with Crippen molar-refractivity contribution in [1.29, 1.82) is 0 Å². The molecule has 158 valence electrons. The van der Waals surface area contributed by atoms with Crippen LogP contribution in [0.15, 0.2) is 60.1 Å². The highest BCUT2D eigenvalue weighted by molar-refractivity contribution is 5.81. The van der Waals surface area contributed by atoms with Crippen molar-refractivity contribution in [3.05, 3.63) is 71.3 Å². The molecule has 0 aliphatic carbocycles. The Morgan fingerprint density at radius 2 is 2.00 bits per heavy atom. The number of rotatable bonds is 5. The number of nitrogen functional groups attached to an aromatic ring is 1. The Kier molecular flexibility index (Phi) is 4.92. The third kappa shape index (κ3) is 3.40. The SMILES string of the molecule is C#CCOc1ccccc1N1C=c2c(C)cccc2=NC1Cn1cnc2c(N)ncnc21. The predicted molar refractivity (Wildman–Crippen MR) is 123 cm³/mol. The predicted octanol–water partition coefficient (Wildman–Crippen LogP) is 1.63. The zero-order chi connectivity index (χ0) is 22.1. The number of para-hydroxylation sites is 2. The number of terminal acetylenes is 1. The van der Waals surface area contributed by atoms with E-state index in [0.717, 1.165) is 21.8 Å². The van der Waals surface area contributed by atoms with Crippen molar-refractivity contribution < 1.29 is 4.74 Å². The van der Waals surface area contributed by atoms with Crippen LogP contribution < -0.4 is 25.9 Å². The van der Waals surface area contributed by atoms with Gasteiger partial charge in [-0.25, -0.2) is 15.0 Å². The molecule has 8 nitrogen and oxygen atoms in total. The van der Waals surface area contributed by atoms with E-state index in [1.807, 2.05) is 41.0 Å². The van der Waals surface area contributed by atoms with E-state index in [2.05, 4.69) is 45.0 Å². The Morgan fingerprint density at radius 3 is 2.88 bits per heavy atom. The molecule has 32 heavy (non-hydrogen) atoms. The molecule has 0 bridgehead atoms. The van der Waals surface area contributed by atoms with Crippen LogP contribution in [0.4, 0.5) is 11.5 Å². The van der Waals surface area contributed by atoms with E-state index >= 15 is 0 Å². The number of aromatic nitrogens is 4. The number of nitrogens with zero attached hydrogens (tertiary/aromatic N) is 6. The lowest BCUT2D eigenvalue weighted by atomic mass is 10.1. The summed E-state index contributed by atoms with van der Waals surface area (Å²) in [5, 5.41) is 2.00. The zero-order valence-corrected chi connectivity index (χ0v) is 17.5. The summed E-state index contributed by atoms with van der Waals surface area (Å²) < 4.78 is 7.77. The van der Waals surface area contributed by atoms with E-state index in [1.165, 1.54) is 6.33 Å². The fourth-order valence-corrected chi connectivity index (χ4v) is 3.87. The average Bonchev–Trinajstić information content (AvgIpc) is 3.22. The third-order valence-electron chi connectivity index (χ3n) is 5.42. The maximum atomic E-state index is 5.97. The minimum atomic E-state index is -0.270. The van der Waals surface area contributed by atoms with Crippen molar-refractivity contribution in [1.82, 2.24) is 19.5 Å². The topological polar surface area (TPSA) is 94.5 Å². The Labute approximate surface area is 184 Å². The summed E-state index contributed by atoms with van der Waals surface area (Å²) in [5.41, 5.74) is 9.23. The van der Waals surface area contributed by atoms with Gasteiger partial charge in [-0.15, -0.1) is 6.42 Å². The van der Waals surface area contributed by atoms with Gasteiger partial charge < -0.3 is 19.9 Å². The highest BCUT2D eigenvalue weighted by Crippen LogP contribution is 2.31. The molecule has 2 aromatic heterocycles. The molecule has 1 aliphatic heterocycles. The van der Waals surface area contributed by atoms with Crippen LogP contribution >= 0.6 is 0 Å². The maximum Gasteiger partial charge on any atom is 0.165 e. The summed E-state index contributed by atoms with van der Waals surface area (Å²) in [6.07, 6.45) is 10.4. The van der Waals surface area contributed by atoms with Crippen LogP contribution in [0.2, 0.25) is 0 Å². The number of imidazole rings is 1. The molecular weight excluding hydrogens is 402 g/mol. The molecular formula is C24H21N7O. The lowest BCUT2D eigenvalue weighted by Crippen LogP contribution is -2.45. The molecule has 1 unspecified atom stereocenters. The van der Waals surface area contributed by atoms with Crippen LogP contribution in [-0.2, 0) is 6.54 Å². The molecule has 5 rings (SSSR count). The summed E-state index contributed by atoms with van der Waals surface area (Å²) in [6.45, 7) is 2.76. The smallest absolute Gasteiger partial charge is 0.165 e. The van der Waals surface area contributed by atoms with E-state index < -0.39 is 0 Å². The van der Waals surface area contributed by atoms with E-state index in [1.54, 1.807) is 6.33 Å². The summed E-state index contributed by atoms with van der Waals surface area (Å²) in [6, 6.07) is 13.9. The highest BCUT2D eigenvalue weighted by atomic mass is 16.5. The van der Waals surface area contributed by atoms with Crippen LogP contribution in [0.5, 0.6) is 5.75 Å². The van der Waals surface area contributed by atoms with Crippen LogP contribution in [0.1, 0.15) is 5.56 Å². The highest BCUT2D eigenvalue weighted by Gasteiger charge is 2.24. The van der Waals surface area contributed by atoms with Gasteiger partial charge >= 0.3 is 0 Å². The number of ether oxygens (including phenoxy) is 1. The first kappa shape index (κ1) is 19.6. The second kappa shape index (κ2) is 8.04. The first-order valence-electron chi connectivity index (χ1n) is 10.2. The Balaban J connectivity index is 1.64. The van der Waals surface area contributed by atoms with Crippen molar-refractivity contribution >= 4 is 28.9 Å². The van der Waals surface area contributed by atoms with Gasteiger partial charge in [-0.3, -0.25) is 4.99 Å². The van der Waals surface area contributed by atoms with E-state index in [9.17, 15) is 0 Å². The summed E-state index contributed by atoms with van der Waals surface area (Å²) >= 11 is 0. The molecule has 3 heterocycles. The number of hydrogen-bond donors (Lipinski definition) is 1. The molecule has 0 fully saturated rings. The van der Waals surface area contributed by atoms with Crippen LogP contribution in [0, 0.1) is 19.3 Å². The van der Waals surface area contributed by atoms with E-state index in [0.29, 0.717) is 29.3 Å². The molecule has 8 heteroatoms. The van der Waals surface area contributed by atoms with Gasteiger partial charge in [0, 0.05) is 11.4 Å². The Hall–Kier alpha value is -4.38. The molecule has 1 atom stereocenters. The minimum absolute atomic E-state index is 0.185. The van der Waals surface area contributed by atoms with Crippen LogP contribution in [-0.4, -0.2) is 32.3 Å². The minimum Gasteiger partial charge on any atom is -0.479 e. The molecule has 0 saturated carbocycles. The first-order valence-corrected chi connectivity index (χ1v) is 10.2. The number of anilines is 2. The van der Waals surface area contributed by atoms with Gasteiger partial charge in [0.25, 0.3) is 0 Å². The van der Waals surface area contributed by atoms with Gasteiger partial charge in [0.2, 0.25) is 0 Å². The van der Waals surface area contributed by atoms with Crippen molar-refractivity contribution in [2.75, 3.05) is 17.2 Å². The van der Waals surface area contributed by atoms with Crippen LogP contribution in [0.3, 0.4) is 0 Å². The number of fused-ring (bicyclic) bond motifs is 2. The number of benzene rings is 2. The fourth-order valence-electron chi connectivity index (χ4n) is 3.87. The molecule has 0 radical (unpaired) electrons. The molecule has 0 amide bonds. The molecule has 2 aromatic carbocycles. The van der Waals surface area contributed by atoms with Crippen molar-refractivity contribution in [3.63, 3.8) is 0 Å². The summed E-state index contributed by atoms with van der Waals surface area (Å²) in [5.74, 6) is 3.58. The van der Waals surface area contributed by atoms with E-state index in [4.69, 9.17) is 21.9 Å². The lowest BCUT2D eigenvalue weighted by molar-refractivity contribution is 0.370. The van der Waals surface area contributed by atoms with E-state index in [-0.39, 0.29) is 12.8 Å². The Bertz CT molecular complexity index is 1470. The molecule has 0 saturated heterocycles. The molecule has 0 spiro atoms. The number of nitrogens with two attached hydrogens (primary N) is 1. The Morgan fingerprint density at radius 1 is 1.12 bits per heavy atom. The summed E-state index contributed by atoms with van der Waals surface area (Å²) in [4.78, 5) is 20.0. The second-order valence-electron chi connectivity index (χ2n) is 7.44. The molecule has 2 N–H and O–H groups in total. The third-order valence-corrected chi connectivity index (χ3v) is 5.42. The largest absolute Gasteiger partial charge is 0.479 e. The monoisotopic (exact) mass is 423 g/mol. The number of aryl methyl sites for hydroxylation is 1.